The maximum Gasteiger partial charge on any atom is 0.159 e. The smallest absolute Gasteiger partial charge is 0.159 e. The number of benzene rings is 1. The van der Waals surface area contributed by atoms with Crippen LogP contribution >= 0.6 is 0 Å². The topological polar surface area (TPSA) is 80.7 Å². The molecule has 0 aromatic heterocycles. The summed E-state index contributed by atoms with van der Waals surface area (Å²) in [5.74, 6) is 0.803. The Balaban J connectivity index is 1.74. The molecule has 0 spiro atoms. The third-order valence-corrected chi connectivity index (χ3v) is 4.51. The second kappa shape index (κ2) is 9.97. The molecule has 0 saturated carbocycles. The molecule has 1 aliphatic carbocycles. The van der Waals surface area contributed by atoms with Gasteiger partial charge in [-0.3, -0.25) is 14.4 Å². The molecule has 5 nitrogen and oxygen atoms in total. The molecule has 0 saturated heterocycles. The van der Waals surface area contributed by atoms with E-state index in [1.807, 2.05) is 18.2 Å². The van der Waals surface area contributed by atoms with Gasteiger partial charge in [-0.2, -0.15) is 0 Å². The number of carbonyl (C=O) groups excluding carboxylic acids is 3. The number of Topliss-reactive ketones (excluding diaryl/α,β-unsaturated/α-hetero) is 1. The molecular formula is C22H26O5. The lowest BCUT2D eigenvalue weighted by Crippen LogP contribution is -2.28. The average Bonchev–Trinajstić information content (AvgIpc) is 2.65. The molecule has 0 heterocycles. The van der Waals surface area contributed by atoms with Gasteiger partial charge in [-0.05, 0) is 43.5 Å². The van der Waals surface area contributed by atoms with Crippen molar-refractivity contribution in [3.05, 3.63) is 53.6 Å². The lowest BCUT2D eigenvalue weighted by Gasteiger charge is -2.23. The van der Waals surface area contributed by atoms with Crippen molar-refractivity contribution in [2.45, 2.75) is 51.0 Å². The number of rotatable bonds is 11. The molecule has 1 unspecified atom stereocenters. The molecule has 0 radical (unpaired) electrons. The van der Waals surface area contributed by atoms with Gasteiger partial charge in [-0.15, -0.1) is 0 Å². The van der Waals surface area contributed by atoms with Crippen molar-refractivity contribution < 1.29 is 24.2 Å². The van der Waals surface area contributed by atoms with E-state index >= 15 is 0 Å². The summed E-state index contributed by atoms with van der Waals surface area (Å²) >= 11 is 0. The van der Waals surface area contributed by atoms with E-state index in [-0.39, 0.29) is 18.2 Å². The predicted molar refractivity (Wildman–Crippen MR) is 103 cm³/mol. The fraction of sp³-hybridized carbons (Fsp3) is 0.409. The van der Waals surface area contributed by atoms with E-state index in [4.69, 9.17) is 4.74 Å². The van der Waals surface area contributed by atoms with Gasteiger partial charge in [0.2, 0.25) is 0 Å². The Morgan fingerprint density at radius 2 is 1.96 bits per heavy atom. The first-order chi connectivity index (χ1) is 12.9. The van der Waals surface area contributed by atoms with Crippen LogP contribution < -0.4 is 4.74 Å². The summed E-state index contributed by atoms with van der Waals surface area (Å²) < 4.78 is 5.20. The lowest BCUT2D eigenvalue weighted by atomic mass is 9.90. The van der Waals surface area contributed by atoms with Gasteiger partial charge in [0.1, 0.15) is 18.1 Å². The van der Waals surface area contributed by atoms with Crippen LogP contribution in [0, 0.1) is 0 Å². The summed E-state index contributed by atoms with van der Waals surface area (Å²) in [4.78, 5) is 33.6. The van der Waals surface area contributed by atoms with Crippen LogP contribution in [0.3, 0.4) is 0 Å². The minimum absolute atomic E-state index is 0.0160. The number of hydrogen-bond donors (Lipinski definition) is 1. The summed E-state index contributed by atoms with van der Waals surface area (Å²) in [5.41, 5.74) is 0.983. The molecule has 1 aliphatic rings. The van der Waals surface area contributed by atoms with E-state index in [0.717, 1.165) is 11.1 Å². The van der Waals surface area contributed by atoms with Gasteiger partial charge >= 0.3 is 0 Å². The fourth-order valence-electron chi connectivity index (χ4n) is 2.93. The maximum absolute atomic E-state index is 12.1. The van der Waals surface area contributed by atoms with Crippen LogP contribution in [0.5, 0.6) is 5.75 Å². The standard InChI is InChI=1S/C22H26O5/c1-22(26,16-18-5-10-21(11-6-18)27-15-14-23)13-12-20(25)9-4-17-2-7-19(24)8-3-17/h2-3,5-7,10-11,14,26H,4,8-9,12-13,15-16H2,1H3. The van der Waals surface area contributed by atoms with Gasteiger partial charge in [0.25, 0.3) is 0 Å². The summed E-state index contributed by atoms with van der Waals surface area (Å²) in [7, 11) is 0. The van der Waals surface area contributed by atoms with E-state index in [0.29, 0.717) is 50.6 Å². The lowest BCUT2D eigenvalue weighted by molar-refractivity contribution is -0.120. The minimum Gasteiger partial charge on any atom is -0.486 e. The summed E-state index contributed by atoms with van der Waals surface area (Å²) in [5, 5.41) is 10.6. The molecule has 1 N–H and O–H groups in total. The largest absolute Gasteiger partial charge is 0.486 e. The third kappa shape index (κ3) is 7.71. The number of ether oxygens (including phenoxy) is 1. The first-order valence-corrected chi connectivity index (χ1v) is 9.17. The number of aliphatic hydroxyl groups is 1. The quantitative estimate of drug-likeness (QED) is 0.605. The highest BCUT2D eigenvalue weighted by atomic mass is 16.5. The Labute approximate surface area is 159 Å². The highest BCUT2D eigenvalue weighted by molar-refractivity contribution is 5.92. The van der Waals surface area contributed by atoms with Crippen molar-refractivity contribution in [3.8, 4) is 5.75 Å². The van der Waals surface area contributed by atoms with Crippen molar-refractivity contribution >= 4 is 17.9 Å². The van der Waals surface area contributed by atoms with Crippen LogP contribution in [0.4, 0.5) is 0 Å². The fourth-order valence-corrected chi connectivity index (χ4v) is 2.93. The van der Waals surface area contributed by atoms with Gasteiger partial charge in [0, 0.05) is 25.7 Å². The van der Waals surface area contributed by atoms with Crippen molar-refractivity contribution in [3.63, 3.8) is 0 Å². The maximum atomic E-state index is 12.1. The van der Waals surface area contributed by atoms with Crippen LogP contribution in [0.25, 0.3) is 0 Å². The Morgan fingerprint density at radius 1 is 1.22 bits per heavy atom. The SMILES string of the molecule is CC(O)(CCC(=O)CCC1=CCC(=O)C=C1)Cc1ccc(OCC=O)cc1. The molecular weight excluding hydrogens is 344 g/mol. The molecule has 0 amide bonds. The highest BCUT2D eigenvalue weighted by Crippen LogP contribution is 2.22. The molecule has 144 valence electrons. The van der Waals surface area contributed by atoms with Crippen LogP contribution in [0.2, 0.25) is 0 Å². The van der Waals surface area contributed by atoms with Gasteiger partial charge in [-0.25, -0.2) is 0 Å². The van der Waals surface area contributed by atoms with E-state index < -0.39 is 5.60 Å². The zero-order chi connectivity index (χ0) is 19.7. The van der Waals surface area contributed by atoms with Crippen LogP contribution in [-0.4, -0.2) is 35.2 Å². The molecule has 0 fully saturated rings. The van der Waals surface area contributed by atoms with E-state index in [1.54, 1.807) is 31.2 Å². The average molecular weight is 370 g/mol. The number of allylic oxidation sites excluding steroid dienone is 4. The molecule has 27 heavy (non-hydrogen) atoms. The van der Waals surface area contributed by atoms with Gasteiger partial charge in [-0.1, -0.05) is 29.9 Å². The van der Waals surface area contributed by atoms with Crippen molar-refractivity contribution in [1.29, 1.82) is 0 Å². The van der Waals surface area contributed by atoms with Crippen molar-refractivity contribution in [2.75, 3.05) is 6.61 Å². The second-order valence-electron chi connectivity index (χ2n) is 7.12. The van der Waals surface area contributed by atoms with Gasteiger partial charge in [0.05, 0.1) is 5.60 Å². The predicted octanol–water partition coefficient (Wildman–Crippen LogP) is 3.14. The summed E-state index contributed by atoms with van der Waals surface area (Å²) in [6.07, 6.45) is 8.50. The third-order valence-electron chi connectivity index (χ3n) is 4.51. The molecule has 5 heteroatoms. The van der Waals surface area contributed by atoms with Gasteiger partial charge in [0.15, 0.2) is 12.1 Å². The van der Waals surface area contributed by atoms with E-state index in [9.17, 15) is 19.5 Å². The monoisotopic (exact) mass is 370 g/mol. The normalized spacial score (nSPS) is 15.8. The van der Waals surface area contributed by atoms with Crippen molar-refractivity contribution in [1.82, 2.24) is 0 Å². The molecule has 1 atom stereocenters. The Bertz CT molecular complexity index is 726. The highest BCUT2D eigenvalue weighted by Gasteiger charge is 2.22. The van der Waals surface area contributed by atoms with E-state index in [1.165, 1.54) is 0 Å². The zero-order valence-electron chi connectivity index (χ0n) is 15.6. The second-order valence-corrected chi connectivity index (χ2v) is 7.12. The number of hydrogen-bond acceptors (Lipinski definition) is 5. The Morgan fingerprint density at radius 3 is 2.59 bits per heavy atom. The Hall–Kier alpha value is -2.53. The van der Waals surface area contributed by atoms with Crippen LogP contribution in [0.1, 0.15) is 44.6 Å². The first-order valence-electron chi connectivity index (χ1n) is 9.17. The van der Waals surface area contributed by atoms with Crippen LogP contribution in [-0.2, 0) is 20.8 Å². The van der Waals surface area contributed by atoms with Crippen molar-refractivity contribution in [2.24, 2.45) is 0 Å². The molecule has 2 rings (SSSR count). The number of carbonyl (C=O) groups is 3. The first kappa shape index (κ1) is 20.8. The van der Waals surface area contributed by atoms with Crippen LogP contribution in [0.15, 0.2) is 48.1 Å². The molecule has 0 aliphatic heterocycles. The number of aldehydes is 1. The zero-order valence-corrected chi connectivity index (χ0v) is 15.6. The van der Waals surface area contributed by atoms with E-state index in [2.05, 4.69) is 0 Å². The molecule has 1 aromatic rings. The van der Waals surface area contributed by atoms with Gasteiger partial charge < -0.3 is 9.84 Å². The summed E-state index contributed by atoms with van der Waals surface area (Å²) in [6, 6.07) is 7.21. The molecule has 1 aromatic carbocycles. The molecule has 0 bridgehead atoms. The number of ketones is 2. The minimum atomic E-state index is -0.975. The Kier molecular flexibility index (Phi) is 7.67. The summed E-state index contributed by atoms with van der Waals surface area (Å²) in [6.45, 7) is 1.75.